The predicted molar refractivity (Wildman–Crippen MR) is 56.0 cm³/mol. The number of urea groups is 1. The highest BCUT2D eigenvalue weighted by atomic mass is 16.2. The van der Waals surface area contributed by atoms with Gasteiger partial charge in [0.25, 0.3) is 5.91 Å². The standard InChI is InChI=1S/C10H13N3O2/c1-7-3-5-8(6-4-7)9(14)13(2)12-10(11)15/h3-6H,1-2H3,(H3,11,12,15). The molecule has 0 unspecified atom stereocenters. The van der Waals surface area contributed by atoms with Gasteiger partial charge >= 0.3 is 6.03 Å². The highest BCUT2D eigenvalue weighted by molar-refractivity contribution is 5.95. The number of amides is 3. The fraction of sp³-hybridized carbons (Fsp3) is 0.200. The van der Waals surface area contributed by atoms with Gasteiger partial charge in [-0.25, -0.2) is 10.2 Å². The van der Waals surface area contributed by atoms with Crippen LogP contribution in [0.5, 0.6) is 0 Å². The first-order chi connectivity index (χ1) is 7.00. The van der Waals surface area contributed by atoms with Gasteiger partial charge in [-0.2, -0.15) is 0 Å². The van der Waals surface area contributed by atoms with Gasteiger partial charge in [-0.05, 0) is 19.1 Å². The van der Waals surface area contributed by atoms with Crippen LogP contribution in [0.25, 0.3) is 0 Å². The third kappa shape index (κ3) is 2.98. The van der Waals surface area contributed by atoms with Crippen molar-refractivity contribution in [2.45, 2.75) is 6.92 Å². The quantitative estimate of drug-likeness (QED) is 0.663. The molecule has 1 aromatic rings. The minimum Gasteiger partial charge on any atom is -0.350 e. The Labute approximate surface area is 87.8 Å². The molecule has 0 bridgehead atoms. The summed E-state index contributed by atoms with van der Waals surface area (Å²) in [5.74, 6) is -0.311. The van der Waals surface area contributed by atoms with Gasteiger partial charge in [0.15, 0.2) is 0 Å². The largest absolute Gasteiger partial charge is 0.350 e. The molecule has 1 aromatic carbocycles. The Bertz CT molecular complexity index is 373. The number of primary amides is 1. The third-order valence-corrected chi connectivity index (χ3v) is 1.88. The Balaban J connectivity index is 2.76. The van der Waals surface area contributed by atoms with Gasteiger partial charge in [-0.1, -0.05) is 17.7 Å². The van der Waals surface area contributed by atoms with Crippen LogP contribution in [0.1, 0.15) is 15.9 Å². The maximum atomic E-state index is 11.6. The minimum atomic E-state index is -0.766. The van der Waals surface area contributed by atoms with Crippen LogP contribution < -0.4 is 11.2 Å². The summed E-state index contributed by atoms with van der Waals surface area (Å²) in [6, 6.07) is 6.27. The summed E-state index contributed by atoms with van der Waals surface area (Å²) in [7, 11) is 1.44. The Morgan fingerprint density at radius 1 is 1.27 bits per heavy atom. The minimum absolute atomic E-state index is 0.311. The van der Waals surface area contributed by atoms with Crippen molar-refractivity contribution >= 4 is 11.9 Å². The number of hydrogen-bond donors (Lipinski definition) is 2. The van der Waals surface area contributed by atoms with Crippen LogP contribution in [0.15, 0.2) is 24.3 Å². The summed E-state index contributed by atoms with van der Waals surface area (Å²) in [4.78, 5) is 22.2. The van der Waals surface area contributed by atoms with E-state index in [0.717, 1.165) is 10.6 Å². The first kappa shape index (κ1) is 11.0. The Hall–Kier alpha value is -2.04. The van der Waals surface area contributed by atoms with Gasteiger partial charge in [0.2, 0.25) is 0 Å². The number of aryl methyl sites for hydroxylation is 1. The molecular weight excluding hydrogens is 194 g/mol. The summed E-state index contributed by atoms with van der Waals surface area (Å²) in [5, 5.41) is 1.05. The third-order valence-electron chi connectivity index (χ3n) is 1.88. The molecule has 3 amide bonds. The molecule has 0 aliphatic rings. The molecule has 0 radical (unpaired) electrons. The molecule has 0 saturated heterocycles. The number of carbonyl (C=O) groups is 2. The summed E-state index contributed by atoms with van der Waals surface area (Å²) in [5.41, 5.74) is 8.63. The van der Waals surface area contributed by atoms with E-state index >= 15 is 0 Å². The van der Waals surface area contributed by atoms with Crippen molar-refractivity contribution in [1.29, 1.82) is 0 Å². The fourth-order valence-electron chi connectivity index (χ4n) is 1.11. The molecule has 0 aliphatic carbocycles. The van der Waals surface area contributed by atoms with E-state index in [2.05, 4.69) is 5.43 Å². The summed E-state index contributed by atoms with van der Waals surface area (Å²) in [6.07, 6.45) is 0. The van der Waals surface area contributed by atoms with E-state index in [-0.39, 0.29) is 5.91 Å². The van der Waals surface area contributed by atoms with E-state index in [1.165, 1.54) is 7.05 Å². The van der Waals surface area contributed by atoms with Gasteiger partial charge in [0.05, 0.1) is 0 Å². The molecule has 3 N–H and O–H groups in total. The molecule has 5 heteroatoms. The van der Waals surface area contributed by atoms with Gasteiger partial charge in [0.1, 0.15) is 0 Å². The first-order valence-electron chi connectivity index (χ1n) is 4.41. The number of nitrogens with two attached hydrogens (primary N) is 1. The zero-order valence-corrected chi connectivity index (χ0v) is 8.65. The van der Waals surface area contributed by atoms with Crippen LogP contribution in [0.2, 0.25) is 0 Å². The Kier molecular flexibility index (Phi) is 3.28. The molecule has 0 aromatic heterocycles. The Morgan fingerprint density at radius 2 is 1.80 bits per heavy atom. The SMILES string of the molecule is Cc1ccc(C(=O)N(C)NC(N)=O)cc1. The Morgan fingerprint density at radius 3 is 2.27 bits per heavy atom. The van der Waals surface area contributed by atoms with E-state index in [1.807, 2.05) is 19.1 Å². The monoisotopic (exact) mass is 207 g/mol. The van der Waals surface area contributed by atoms with Crippen LogP contribution >= 0.6 is 0 Å². The van der Waals surface area contributed by atoms with Crippen molar-refractivity contribution < 1.29 is 9.59 Å². The number of carbonyl (C=O) groups excluding carboxylic acids is 2. The summed E-state index contributed by atoms with van der Waals surface area (Å²) in [6.45, 7) is 1.93. The van der Waals surface area contributed by atoms with Crippen molar-refractivity contribution in [3.05, 3.63) is 35.4 Å². The molecule has 0 spiro atoms. The second-order valence-corrected chi connectivity index (χ2v) is 3.21. The van der Waals surface area contributed by atoms with Crippen LogP contribution in [0.4, 0.5) is 4.79 Å². The van der Waals surface area contributed by atoms with Gasteiger partial charge in [-0.15, -0.1) is 0 Å². The predicted octanol–water partition coefficient (Wildman–Crippen LogP) is 0.650. The highest BCUT2D eigenvalue weighted by Crippen LogP contribution is 2.04. The van der Waals surface area contributed by atoms with E-state index in [4.69, 9.17) is 5.73 Å². The van der Waals surface area contributed by atoms with E-state index < -0.39 is 6.03 Å². The van der Waals surface area contributed by atoms with Crippen molar-refractivity contribution in [2.24, 2.45) is 5.73 Å². The molecule has 80 valence electrons. The average Bonchev–Trinajstić information content (AvgIpc) is 2.17. The zero-order valence-electron chi connectivity index (χ0n) is 8.65. The molecule has 5 nitrogen and oxygen atoms in total. The van der Waals surface area contributed by atoms with Gasteiger partial charge in [-0.3, -0.25) is 9.80 Å². The number of hydrazine groups is 1. The van der Waals surface area contributed by atoms with Gasteiger partial charge < -0.3 is 5.73 Å². The lowest BCUT2D eigenvalue weighted by Crippen LogP contribution is -2.45. The molecule has 0 heterocycles. The maximum absolute atomic E-state index is 11.6. The normalized spacial score (nSPS) is 9.47. The molecule has 15 heavy (non-hydrogen) atoms. The molecule has 0 aliphatic heterocycles. The van der Waals surface area contributed by atoms with Crippen molar-refractivity contribution in [3.63, 3.8) is 0 Å². The van der Waals surface area contributed by atoms with E-state index in [1.54, 1.807) is 12.1 Å². The maximum Gasteiger partial charge on any atom is 0.331 e. The lowest BCUT2D eigenvalue weighted by molar-refractivity contribution is 0.0738. The second kappa shape index (κ2) is 4.45. The number of rotatable bonds is 1. The zero-order chi connectivity index (χ0) is 11.4. The summed E-state index contributed by atoms with van der Waals surface area (Å²) >= 11 is 0. The van der Waals surface area contributed by atoms with Crippen LogP contribution in [-0.2, 0) is 0 Å². The first-order valence-corrected chi connectivity index (χ1v) is 4.41. The molecule has 0 saturated carbocycles. The molecule has 0 fully saturated rings. The summed E-state index contributed by atoms with van der Waals surface area (Å²) < 4.78 is 0. The average molecular weight is 207 g/mol. The van der Waals surface area contributed by atoms with Gasteiger partial charge in [0, 0.05) is 12.6 Å². The molecular formula is C10H13N3O2. The number of hydrogen-bond acceptors (Lipinski definition) is 2. The van der Waals surface area contributed by atoms with Crippen molar-refractivity contribution in [1.82, 2.24) is 10.4 Å². The number of nitrogens with one attached hydrogen (secondary N) is 1. The molecule has 1 rings (SSSR count). The topological polar surface area (TPSA) is 75.4 Å². The number of nitrogens with zero attached hydrogens (tertiary/aromatic N) is 1. The number of benzene rings is 1. The smallest absolute Gasteiger partial charge is 0.331 e. The van der Waals surface area contributed by atoms with Crippen molar-refractivity contribution in [2.75, 3.05) is 7.05 Å². The fourth-order valence-corrected chi connectivity index (χ4v) is 1.11. The lowest BCUT2D eigenvalue weighted by Gasteiger charge is -2.16. The van der Waals surface area contributed by atoms with Crippen LogP contribution in [-0.4, -0.2) is 24.0 Å². The molecule has 0 atom stereocenters. The van der Waals surface area contributed by atoms with E-state index in [9.17, 15) is 9.59 Å². The van der Waals surface area contributed by atoms with Crippen LogP contribution in [0.3, 0.4) is 0 Å². The lowest BCUT2D eigenvalue weighted by atomic mass is 10.1. The second-order valence-electron chi connectivity index (χ2n) is 3.21. The highest BCUT2D eigenvalue weighted by Gasteiger charge is 2.11. The van der Waals surface area contributed by atoms with E-state index in [0.29, 0.717) is 5.56 Å². The van der Waals surface area contributed by atoms with Crippen LogP contribution in [0, 0.1) is 6.92 Å². The van der Waals surface area contributed by atoms with Crippen molar-refractivity contribution in [3.8, 4) is 0 Å².